The van der Waals surface area contributed by atoms with E-state index < -0.39 is 0 Å². The smallest absolute Gasteiger partial charge is 0.243 e. The Morgan fingerprint density at radius 1 is 1.53 bits per heavy atom. The molecule has 0 saturated carbocycles. The number of carbonyl (C=O) groups is 1. The monoisotopic (exact) mass is 209 g/mol. The third-order valence-corrected chi connectivity index (χ3v) is 2.16. The van der Waals surface area contributed by atoms with Crippen molar-refractivity contribution in [2.24, 2.45) is 0 Å². The van der Waals surface area contributed by atoms with Crippen LogP contribution < -0.4 is 5.32 Å². The van der Waals surface area contributed by atoms with Gasteiger partial charge in [0.1, 0.15) is 11.9 Å². The molecule has 0 spiro atoms. The maximum atomic E-state index is 11.8. The van der Waals surface area contributed by atoms with Crippen LogP contribution in [0.3, 0.4) is 0 Å². The van der Waals surface area contributed by atoms with E-state index in [1.165, 1.54) is 0 Å². The molecule has 1 amide bonds. The second-order valence-electron chi connectivity index (χ2n) is 4.80. The minimum absolute atomic E-state index is 0.0172. The number of rotatable bonds is 2. The fourth-order valence-electron chi connectivity index (χ4n) is 1.40. The predicted molar refractivity (Wildman–Crippen MR) is 59.6 cm³/mol. The summed E-state index contributed by atoms with van der Waals surface area (Å²) in [7, 11) is 0. The number of imidazole rings is 1. The van der Waals surface area contributed by atoms with Crippen LogP contribution in [0.2, 0.25) is 0 Å². The minimum Gasteiger partial charge on any atom is -0.350 e. The molecule has 0 aromatic carbocycles. The van der Waals surface area contributed by atoms with Gasteiger partial charge < -0.3 is 9.88 Å². The van der Waals surface area contributed by atoms with Crippen molar-refractivity contribution < 1.29 is 4.79 Å². The lowest BCUT2D eigenvalue weighted by Gasteiger charge is -2.24. The summed E-state index contributed by atoms with van der Waals surface area (Å²) < 4.78 is 1.86. The Kier molecular flexibility index (Phi) is 3.17. The molecule has 1 rings (SSSR count). The predicted octanol–water partition coefficient (Wildman–Crippen LogP) is 1.67. The van der Waals surface area contributed by atoms with Gasteiger partial charge in [0, 0.05) is 17.9 Å². The van der Waals surface area contributed by atoms with Gasteiger partial charge >= 0.3 is 0 Å². The first-order valence-electron chi connectivity index (χ1n) is 5.13. The molecule has 0 bridgehead atoms. The lowest BCUT2D eigenvalue weighted by atomic mass is 10.1. The summed E-state index contributed by atoms with van der Waals surface area (Å²) in [5, 5.41) is 2.95. The average molecular weight is 209 g/mol. The zero-order valence-corrected chi connectivity index (χ0v) is 10.0. The summed E-state index contributed by atoms with van der Waals surface area (Å²) in [5.41, 5.74) is -0.195. The summed E-state index contributed by atoms with van der Waals surface area (Å²) in [5.74, 6) is 0.871. The molecule has 15 heavy (non-hydrogen) atoms. The molecule has 1 atom stereocenters. The summed E-state index contributed by atoms with van der Waals surface area (Å²) in [6, 6.07) is -0.216. The second-order valence-corrected chi connectivity index (χ2v) is 4.80. The van der Waals surface area contributed by atoms with Crippen molar-refractivity contribution >= 4 is 5.91 Å². The van der Waals surface area contributed by atoms with Crippen LogP contribution in [-0.2, 0) is 4.79 Å². The van der Waals surface area contributed by atoms with Crippen molar-refractivity contribution in [2.75, 3.05) is 0 Å². The van der Waals surface area contributed by atoms with Gasteiger partial charge in [-0.3, -0.25) is 4.79 Å². The molecule has 4 nitrogen and oxygen atoms in total. The zero-order chi connectivity index (χ0) is 11.6. The number of aryl methyl sites for hydroxylation is 1. The zero-order valence-electron chi connectivity index (χ0n) is 10.0. The Morgan fingerprint density at radius 2 is 2.13 bits per heavy atom. The summed E-state index contributed by atoms with van der Waals surface area (Å²) in [6.07, 6.45) is 3.53. The van der Waals surface area contributed by atoms with Crippen LogP contribution in [-0.4, -0.2) is 21.0 Å². The van der Waals surface area contributed by atoms with Crippen molar-refractivity contribution in [1.29, 1.82) is 0 Å². The van der Waals surface area contributed by atoms with Crippen LogP contribution in [0.15, 0.2) is 12.4 Å². The van der Waals surface area contributed by atoms with Crippen LogP contribution in [0, 0.1) is 6.92 Å². The molecule has 1 heterocycles. The van der Waals surface area contributed by atoms with E-state index in [2.05, 4.69) is 10.3 Å². The van der Waals surface area contributed by atoms with E-state index in [0.717, 1.165) is 5.82 Å². The average Bonchev–Trinajstić information content (AvgIpc) is 2.47. The standard InChI is InChI=1S/C11H19N3O/c1-8(10(15)13-11(3,4)5)14-7-6-12-9(14)2/h6-8H,1-5H3,(H,13,15). The lowest BCUT2D eigenvalue weighted by molar-refractivity contribution is -0.125. The fourth-order valence-corrected chi connectivity index (χ4v) is 1.40. The topological polar surface area (TPSA) is 46.9 Å². The van der Waals surface area contributed by atoms with Crippen LogP contribution in [0.25, 0.3) is 0 Å². The molecule has 84 valence electrons. The molecule has 0 fully saturated rings. The molecule has 0 aliphatic carbocycles. The first-order valence-corrected chi connectivity index (χ1v) is 5.13. The molecule has 0 aliphatic rings. The number of carbonyl (C=O) groups excluding carboxylic acids is 1. The van der Waals surface area contributed by atoms with Gasteiger partial charge in [0.05, 0.1) is 0 Å². The van der Waals surface area contributed by atoms with Gasteiger partial charge in [0.2, 0.25) is 5.91 Å². The molecule has 1 aromatic heterocycles. The van der Waals surface area contributed by atoms with Crippen molar-refractivity contribution in [2.45, 2.75) is 46.2 Å². The molecule has 1 unspecified atom stereocenters. The van der Waals surface area contributed by atoms with Crippen LogP contribution >= 0.6 is 0 Å². The summed E-state index contributed by atoms with van der Waals surface area (Å²) >= 11 is 0. The number of aromatic nitrogens is 2. The molecule has 0 saturated heterocycles. The van der Waals surface area contributed by atoms with Gasteiger partial charge in [-0.05, 0) is 34.6 Å². The maximum absolute atomic E-state index is 11.8. The van der Waals surface area contributed by atoms with Gasteiger partial charge in [-0.1, -0.05) is 0 Å². The Bertz CT molecular complexity index is 349. The molecule has 0 radical (unpaired) electrons. The largest absolute Gasteiger partial charge is 0.350 e. The number of hydrogen-bond donors (Lipinski definition) is 1. The fraction of sp³-hybridized carbons (Fsp3) is 0.636. The van der Waals surface area contributed by atoms with Crippen molar-refractivity contribution in [3.63, 3.8) is 0 Å². The van der Waals surface area contributed by atoms with E-state index >= 15 is 0 Å². The highest BCUT2D eigenvalue weighted by molar-refractivity contribution is 5.80. The Balaban J connectivity index is 2.74. The van der Waals surface area contributed by atoms with Crippen LogP contribution in [0.5, 0.6) is 0 Å². The second kappa shape index (κ2) is 4.04. The van der Waals surface area contributed by atoms with E-state index in [4.69, 9.17) is 0 Å². The summed E-state index contributed by atoms with van der Waals surface area (Å²) in [4.78, 5) is 15.9. The SMILES string of the molecule is Cc1nccn1C(C)C(=O)NC(C)(C)C. The van der Waals surface area contributed by atoms with Gasteiger partial charge in [-0.2, -0.15) is 0 Å². The first kappa shape index (κ1) is 11.8. The molecule has 1 aromatic rings. The molecular weight excluding hydrogens is 190 g/mol. The highest BCUT2D eigenvalue weighted by Gasteiger charge is 2.20. The Morgan fingerprint density at radius 3 is 2.53 bits per heavy atom. The van der Waals surface area contributed by atoms with Gasteiger partial charge in [-0.25, -0.2) is 4.98 Å². The third kappa shape index (κ3) is 3.08. The Hall–Kier alpha value is -1.32. The third-order valence-electron chi connectivity index (χ3n) is 2.16. The van der Waals surface area contributed by atoms with E-state index in [1.54, 1.807) is 6.20 Å². The lowest BCUT2D eigenvalue weighted by Crippen LogP contribution is -2.43. The van der Waals surface area contributed by atoms with Gasteiger partial charge in [0.15, 0.2) is 0 Å². The van der Waals surface area contributed by atoms with E-state index in [9.17, 15) is 4.79 Å². The quantitative estimate of drug-likeness (QED) is 0.805. The van der Waals surface area contributed by atoms with Crippen molar-refractivity contribution in [1.82, 2.24) is 14.9 Å². The molecule has 4 heteroatoms. The van der Waals surface area contributed by atoms with E-state index in [-0.39, 0.29) is 17.5 Å². The Labute approximate surface area is 90.7 Å². The highest BCUT2D eigenvalue weighted by Crippen LogP contribution is 2.10. The minimum atomic E-state index is -0.216. The highest BCUT2D eigenvalue weighted by atomic mass is 16.2. The number of hydrogen-bond acceptors (Lipinski definition) is 2. The van der Waals surface area contributed by atoms with Crippen molar-refractivity contribution in [3.05, 3.63) is 18.2 Å². The molecule has 1 N–H and O–H groups in total. The number of nitrogens with zero attached hydrogens (tertiary/aromatic N) is 2. The normalized spacial score (nSPS) is 13.7. The van der Waals surface area contributed by atoms with Gasteiger partial charge in [0.25, 0.3) is 0 Å². The molecular formula is C11H19N3O. The van der Waals surface area contributed by atoms with E-state index in [0.29, 0.717) is 0 Å². The van der Waals surface area contributed by atoms with Crippen LogP contribution in [0.4, 0.5) is 0 Å². The van der Waals surface area contributed by atoms with Gasteiger partial charge in [-0.15, -0.1) is 0 Å². The number of nitrogens with one attached hydrogen (secondary N) is 1. The van der Waals surface area contributed by atoms with Crippen molar-refractivity contribution in [3.8, 4) is 0 Å². The summed E-state index contributed by atoms with van der Waals surface area (Å²) in [6.45, 7) is 9.67. The van der Waals surface area contributed by atoms with Crippen LogP contribution in [0.1, 0.15) is 39.6 Å². The van der Waals surface area contributed by atoms with E-state index in [1.807, 2.05) is 45.4 Å². The first-order chi connectivity index (χ1) is 6.81. The molecule has 0 aliphatic heterocycles. The maximum Gasteiger partial charge on any atom is 0.243 e. The number of amides is 1.